The maximum atomic E-state index is 11.1. The molecule has 0 saturated heterocycles. The molecule has 5 heteroatoms. The van der Waals surface area contributed by atoms with Crippen molar-refractivity contribution in [3.63, 3.8) is 0 Å². The maximum Gasteiger partial charge on any atom is 0.353 e. The first-order valence-electron chi connectivity index (χ1n) is 7.52. The second kappa shape index (κ2) is 5.48. The molecule has 0 radical (unpaired) electrons. The molecule has 116 valence electrons. The molecule has 1 aromatic carbocycles. The summed E-state index contributed by atoms with van der Waals surface area (Å²) in [6, 6.07) is 1.57. The van der Waals surface area contributed by atoms with Gasteiger partial charge in [0.1, 0.15) is 11.4 Å². The van der Waals surface area contributed by atoms with Gasteiger partial charge in [0.15, 0.2) is 0 Å². The van der Waals surface area contributed by atoms with Gasteiger partial charge in [-0.15, -0.1) is 0 Å². The van der Waals surface area contributed by atoms with Gasteiger partial charge in [0, 0.05) is 5.56 Å². The lowest BCUT2D eigenvalue weighted by Crippen LogP contribution is -2.10. The zero-order valence-corrected chi connectivity index (χ0v) is 13.1. The van der Waals surface area contributed by atoms with Gasteiger partial charge in [0.25, 0.3) is 0 Å². The van der Waals surface area contributed by atoms with Crippen LogP contribution in [0.15, 0.2) is 6.07 Å². The van der Waals surface area contributed by atoms with Crippen molar-refractivity contribution in [1.82, 2.24) is 10.2 Å². The third kappa shape index (κ3) is 2.17. The lowest BCUT2D eigenvalue weighted by Gasteiger charge is -2.25. The number of aromatic carboxylic acids is 1. The van der Waals surface area contributed by atoms with Crippen molar-refractivity contribution in [3.8, 4) is 17.0 Å². The van der Waals surface area contributed by atoms with E-state index in [0.717, 1.165) is 35.3 Å². The highest BCUT2D eigenvalue weighted by Crippen LogP contribution is 2.42. The van der Waals surface area contributed by atoms with Crippen LogP contribution in [0, 0.1) is 13.8 Å². The molecular formula is C17H20N2O3. The lowest BCUT2D eigenvalue weighted by molar-refractivity contribution is 0.0690. The number of nitrogens with zero attached hydrogens (tertiary/aromatic N) is 1. The Labute approximate surface area is 129 Å². The monoisotopic (exact) mass is 300 g/mol. The van der Waals surface area contributed by atoms with Crippen molar-refractivity contribution < 1.29 is 14.6 Å². The van der Waals surface area contributed by atoms with Gasteiger partial charge in [-0.1, -0.05) is 0 Å². The van der Waals surface area contributed by atoms with Crippen molar-refractivity contribution in [2.75, 3.05) is 7.11 Å². The minimum atomic E-state index is -1.01. The molecule has 0 saturated carbocycles. The van der Waals surface area contributed by atoms with Crippen LogP contribution in [0.5, 0.6) is 5.75 Å². The normalized spacial score (nSPS) is 13.8. The third-order valence-corrected chi connectivity index (χ3v) is 4.58. The highest BCUT2D eigenvalue weighted by molar-refractivity contribution is 5.88. The Morgan fingerprint density at radius 3 is 2.41 bits per heavy atom. The molecule has 1 aliphatic carbocycles. The van der Waals surface area contributed by atoms with Crippen LogP contribution in [0.4, 0.5) is 0 Å². The molecule has 0 fully saturated rings. The highest BCUT2D eigenvalue weighted by Gasteiger charge is 2.24. The minimum absolute atomic E-state index is 0.0897. The largest absolute Gasteiger partial charge is 0.496 e. The van der Waals surface area contributed by atoms with E-state index in [4.69, 9.17) is 9.84 Å². The van der Waals surface area contributed by atoms with Gasteiger partial charge in [0.05, 0.1) is 12.8 Å². The van der Waals surface area contributed by atoms with Crippen molar-refractivity contribution in [3.05, 3.63) is 34.0 Å². The number of H-pyrrole nitrogens is 1. The predicted octanol–water partition coefficient (Wildman–Crippen LogP) is 3.28. The van der Waals surface area contributed by atoms with Gasteiger partial charge in [-0.2, -0.15) is 5.10 Å². The molecular weight excluding hydrogens is 280 g/mol. The van der Waals surface area contributed by atoms with Gasteiger partial charge in [0.2, 0.25) is 0 Å². The van der Waals surface area contributed by atoms with Gasteiger partial charge >= 0.3 is 5.97 Å². The van der Waals surface area contributed by atoms with Crippen LogP contribution in [0.2, 0.25) is 0 Å². The number of aromatic nitrogens is 2. The van der Waals surface area contributed by atoms with Crippen LogP contribution in [0.3, 0.4) is 0 Å². The summed E-state index contributed by atoms with van der Waals surface area (Å²) >= 11 is 0. The fourth-order valence-electron chi connectivity index (χ4n) is 3.50. The second-order valence-electron chi connectivity index (χ2n) is 5.79. The minimum Gasteiger partial charge on any atom is -0.496 e. The molecule has 0 spiro atoms. The quantitative estimate of drug-likeness (QED) is 0.912. The number of methoxy groups -OCH3 is 1. The Bertz CT molecular complexity index is 747. The number of nitrogens with one attached hydrogen (secondary N) is 1. The number of hydrogen-bond donors (Lipinski definition) is 2. The summed E-state index contributed by atoms with van der Waals surface area (Å²) < 4.78 is 5.65. The molecule has 1 aliphatic rings. The predicted molar refractivity (Wildman–Crippen MR) is 83.7 cm³/mol. The fraction of sp³-hybridized carbons (Fsp3) is 0.412. The van der Waals surface area contributed by atoms with E-state index in [1.165, 1.54) is 24.0 Å². The molecule has 2 N–H and O–H groups in total. The topological polar surface area (TPSA) is 75.2 Å². The summed E-state index contributed by atoms with van der Waals surface area (Å²) in [5, 5.41) is 15.8. The number of carbonyl (C=O) groups is 1. The number of ether oxygens (including phenoxy) is 1. The van der Waals surface area contributed by atoms with Crippen molar-refractivity contribution >= 4 is 5.97 Å². The van der Waals surface area contributed by atoms with Crippen LogP contribution < -0.4 is 4.74 Å². The first-order valence-corrected chi connectivity index (χ1v) is 7.52. The summed E-state index contributed by atoms with van der Waals surface area (Å²) in [6.07, 6.45) is 4.55. The Balaban J connectivity index is 2.25. The van der Waals surface area contributed by atoms with E-state index in [2.05, 4.69) is 24.0 Å². The zero-order valence-electron chi connectivity index (χ0n) is 13.1. The Morgan fingerprint density at radius 1 is 1.23 bits per heavy atom. The number of carboxylic acids is 1. The summed E-state index contributed by atoms with van der Waals surface area (Å²) in [7, 11) is 1.66. The number of hydrogen-bond acceptors (Lipinski definition) is 3. The average molecular weight is 300 g/mol. The number of rotatable bonds is 3. The van der Waals surface area contributed by atoms with Crippen LogP contribution in [0.1, 0.15) is 45.6 Å². The molecule has 0 aliphatic heterocycles. The molecule has 3 rings (SSSR count). The van der Waals surface area contributed by atoms with E-state index < -0.39 is 5.97 Å². The summed E-state index contributed by atoms with van der Waals surface area (Å²) in [5.74, 6) is -0.202. The molecule has 22 heavy (non-hydrogen) atoms. The van der Waals surface area contributed by atoms with E-state index in [9.17, 15) is 4.79 Å². The molecule has 1 aromatic heterocycles. The van der Waals surface area contributed by atoms with E-state index >= 15 is 0 Å². The van der Waals surface area contributed by atoms with Gasteiger partial charge in [-0.25, -0.2) is 4.79 Å². The lowest BCUT2D eigenvalue weighted by atomic mass is 9.82. The van der Waals surface area contributed by atoms with Crippen LogP contribution in [0.25, 0.3) is 11.3 Å². The van der Waals surface area contributed by atoms with E-state index in [1.54, 1.807) is 13.2 Å². The molecule has 0 bridgehead atoms. The van der Waals surface area contributed by atoms with Crippen molar-refractivity contribution in [1.29, 1.82) is 0 Å². The molecule has 5 nitrogen and oxygen atoms in total. The smallest absolute Gasteiger partial charge is 0.353 e. The van der Waals surface area contributed by atoms with E-state index in [1.807, 2.05) is 0 Å². The number of fused-ring (bicyclic) bond motifs is 1. The first-order chi connectivity index (χ1) is 10.5. The zero-order chi connectivity index (χ0) is 15.9. The third-order valence-electron chi connectivity index (χ3n) is 4.58. The van der Waals surface area contributed by atoms with Gasteiger partial charge in [-0.05, 0) is 67.9 Å². The van der Waals surface area contributed by atoms with Crippen molar-refractivity contribution in [2.24, 2.45) is 0 Å². The van der Waals surface area contributed by atoms with Crippen LogP contribution in [-0.2, 0) is 12.8 Å². The molecule has 0 unspecified atom stereocenters. The standard InChI is InChI=1S/C17H20N2O3/c1-9-11-6-4-5-7-12(11)10(2)16(22-3)15(9)13-8-14(17(20)21)19-18-13/h8H,4-7H2,1-3H3,(H,18,19)(H,20,21). The SMILES string of the molecule is COc1c(C)c2c(c(C)c1-c1cc(C(=O)O)[nH]n1)CCCC2. The van der Waals surface area contributed by atoms with Crippen LogP contribution >= 0.6 is 0 Å². The van der Waals surface area contributed by atoms with E-state index in [-0.39, 0.29) is 5.69 Å². The number of benzene rings is 1. The number of aromatic amines is 1. The second-order valence-corrected chi connectivity index (χ2v) is 5.79. The van der Waals surface area contributed by atoms with Gasteiger partial charge < -0.3 is 9.84 Å². The summed E-state index contributed by atoms with van der Waals surface area (Å²) in [4.78, 5) is 11.1. The molecule has 0 atom stereocenters. The maximum absolute atomic E-state index is 11.1. The van der Waals surface area contributed by atoms with Gasteiger partial charge in [-0.3, -0.25) is 5.10 Å². The highest BCUT2D eigenvalue weighted by atomic mass is 16.5. The average Bonchev–Trinajstić information content (AvgIpc) is 3.00. The Hall–Kier alpha value is -2.30. The first kappa shape index (κ1) is 14.6. The Morgan fingerprint density at radius 2 is 1.86 bits per heavy atom. The summed E-state index contributed by atoms with van der Waals surface area (Å²) in [5.41, 5.74) is 6.69. The van der Waals surface area contributed by atoms with Crippen LogP contribution in [-0.4, -0.2) is 28.4 Å². The summed E-state index contributed by atoms with van der Waals surface area (Å²) in [6.45, 7) is 4.16. The fourth-order valence-corrected chi connectivity index (χ4v) is 3.50. The molecule has 2 aromatic rings. The Kier molecular flexibility index (Phi) is 3.64. The van der Waals surface area contributed by atoms with E-state index in [0.29, 0.717) is 5.69 Å². The van der Waals surface area contributed by atoms with Crippen molar-refractivity contribution in [2.45, 2.75) is 39.5 Å². The molecule has 0 amide bonds. The molecule has 1 heterocycles. The number of carboxylic acid groups (broad SMARTS) is 1.